The minimum atomic E-state index is -0.472. The van der Waals surface area contributed by atoms with Crippen LogP contribution in [0.2, 0.25) is 0 Å². The fourth-order valence-corrected chi connectivity index (χ4v) is 6.24. The van der Waals surface area contributed by atoms with Gasteiger partial charge in [0.25, 0.3) is 0 Å². The quantitative estimate of drug-likeness (QED) is 0.193. The SMILES string of the molecule is COc1cccc2c1Oc1nc(-c3ccc(F)cc3)[nH]c1C2C1c2cccc(C(C)=O)c2Oc2nc(-c3ccc(F)cc3)[nH]c21. The van der Waals surface area contributed by atoms with Crippen LogP contribution in [0.1, 0.15) is 51.6 Å². The first-order valence-corrected chi connectivity index (χ1v) is 14.3. The number of hydrogen-bond acceptors (Lipinski definition) is 6. The molecule has 2 aromatic heterocycles. The number of ether oxygens (including phenoxy) is 3. The van der Waals surface area contributed by atoms with E-state index in [2.05, 4.69) is 9.97 Å². The third-order valence-corrected chi connectivity index (χ3v) is 8.31. The molecule has 0 amide bonds. The lowest BCUT2D eigenvalue weighted by molar-refractivity contribution is 0.101. The number of nitrogens with zero attached hydrogens (tertiary/aromatic N) is 2. The number of imidazole rings is 2. The van der Waals surface area contributed by atoms with Crippen molar-refractivity contribution in [2.24, 2.45) is 0 Å². The number of H-pyrrole nitrogens is 2. The number of methoxy groups -OCH3 is 1. The second-order valence-electron chi connectivity index (χ2n) is 10.9. The average molecular weight is 603 g/mol. The zero-order valence-electron chi connectivity index (χ0n) is 24.0. The predicted molar refractivity (Wildman–Crippen MR) is 161 cm³/mol. The molecule has 2 atom stereocenters. The molecule has 2 N–H and O–H groups in total. The first-order valence-electron chi connectivity index (χ1n) is 14.3. The van der Waals surface area contributed by atoms with Gasteiger partial charge >= 0.3 is 0 Å². The van der Waals surface area contributed by atoms with Crippen molar-refractivity contribution in [1.82, 2.24) is 19.9 Å². The summed E-state index contributed by atoms with van der Waals surface area (Å²) in [5.74, 6) is 1.27. The number of benzene rings is 4. The molecular weight excluding hydrogens is 578 g/mol. The first-order chi connectivity index (χ1) is 21.9. The average Bonchev–Trinajstić information content (AvgIpc) is 3.67. The van der Waals surface area contributed by atoms with Crippen molar-refractivity contribution in [2.45, 2.75) is 18.8 Å². The Hall–Kier alpha value is -5.77. The summed E-state index contributed by atoms with van der Waals surface area (Å²) in [6.45, 7) is 1.49. The molecule has 0 fully saturated rings. The zero-order valence-corrected chi connectivity index (χ0v) is 24.0. The maximum atomic E-state index is 13.8. The van der Waals surface area contributed by atoms with E-state index in [0.717, 1.165) is 11.1 Å². The monoisotopic (exact) mass is 602 g/mol. The van der Waals surface area contributed by atoms with Crippen LogP contribution in [-0.2, 0) is 0 Å². The van der Waals surface area contributed by atoms with Gasteiger partial charge in [0.15, 0.2) is 17.3 Å². The summed E-state index contributed by atoms with van der Waals surface area (Å²) in [4.78, 5) is 29.3. The number of aromatic nitrogens is 4. The number of para-hydroxylation sites is 2. The lowest BCUT2D eigenvalue weighted by atomic mass is 9.75. The van der Waals surface area contributed by atoms with Gasteiger partial charge in [-0.25, -0.2) is 8.78 Å². The molecule has 8 rings (SSSR count). The first kappa shape index (κ1) is 26.8. The van der Waals surface area contributed by atoms with Gasteiger partial charge in [-0.05, 0) is 67.6 Å². The molecule has 0 saturated carbocycles. The number of aromatic amines is 2. The topological polar surface area (TPSA) is 102 Å². The van der Waals surface area contributed by atoms with Crippen molar-refractivity contribution in [3.05, 3.63) is 125 Å². The predicted octanol–water partition coefficient (Wildman–Crippen LogP) is 8.13. The Balaban J connectivity index is 1.39. The number of fused-ring (bicyclic) bond motifs is 4. The molecule has 10 heteroatoms. The van der Waals surface area contributed by atoms with Gasteiger partial charge in [-0.1, -0.05) is 24.3 Å². The maximum absolute atomic E-state index is 13.8. The van der Waals surface area contributed by atoms with Gasteiger partial charge in [0.05, 0.1) is 24.1 Å². The molecule has 4 heterocycles. The van der Waals surface area contributed by atoms with Crippen LogP contribution in [0.15, 0.2) is 84.9 Å². The third-order valence-electron chi connectivity index (χ3n) is 8.31. The molecule has 2 aliphatic heterocycles. The second-order valence-corrected chi connectivity index (χ2v) is 10.9. The van der Waals surface area contributed by atoms with Crippen molar-refractivity contribution < 1.29 is 27.8 Å². The van der Waals surface area contributed by atoms with Gasteiger partial charge in [0.1, 0.15) is 29.0 Å². The van der Waals surface area contributed by atoms with E-state index in [1.165, 1.54) is 31.2 Å². The van der Waals surface area contributed by atoms with Crippen molar-refractivity contribution in [1.29, 1.82) is 0 Å². The molecule has 0 radical (unpaired) electrons. The summed E-state index contributed by atoms with van der Waals surface area (Å²) in [5, 5.41) is 0. The number of carbonyl (C=O) groups excluding carboxylic acids is 1. The fraction of sp³-hybridized carbons (Fsp3) is 0.114. The van der Waals surface area contributed by atoms with Crippen LogP contribution < -0.4 is 14.2 Å². The van der Waals surface area contributed by atoms with E-state index in [4.69, 9.17) is 24.2 Å². The molecular formula is C35H24F2N4O4. The maximum Gasteiger partial charge on any atom is 0.241 e. The highest BCUT2D eigenvalue weighted by Gasteiger charge is 2.45. The van der Waals surface area contributed by atoms with Crippen LogP contribution in [0, 0.1) is 11.6 Å². The van der Waals surface area contributed by atoms with Crippen LogP contribution in [0.5, 0.6) is 29.0 Å². The summed E-state index contributed by atoms with van der Waals surface area (Å²) < 4.78 is 46.0. The van der Waals surface area contributed by atoms with E-state index in [1.807, 2.05) is 30.3 Å². The summed E-state index contributed by atoms with van der Waals surface area (Å²) in [6, 6.07) is 23.2. The van der Waals surface area contributed by atoms with E-state index in [1.54, 1.807) is 37.4 Å². The summed E-state index contributed by atoms with van der Waals surface area (Å²) in [7, 11) is 1.57. The highest BCUT2D eigenvalue weighted by Crippen LogP contribution is 2.58. The van der Waals surface area contributed by atoms with Crippen molar-refractivity contribution in [3.63, 3.8) is 0 Å². The Bertz CT molecular complexity index is 2120. The Morgan fingerprint density at radius 2 is 1.20 bits per heavy atom. The Morgan fingerprint density at radius 1 is 0.711 bits per heavy atom. The molecule has 45 heavy (non-hydrogen) atoms. The highest BCUT2D eigenvalue weighted by atomic mass is 19.1. The summed E-state index contributed by atoms with van der Waals surface area (Å²) in [5.41, 5.74) is 4.66. The molecule has 6 aromatic rings. The minimum Gasteiger partial charge on any atom is -0.493 e. The number of carbonyl (C=O) groups is 1. The molecule has 222 valence electrons. The minimum absolute atomic E-state index is 0.154. The highest BCUT2D eigenvalue weighted by molar-refractivity contribution is 5.97. The van der Waals surface area contributed by atoms with Gasteiger partial charge in [-0.3, -0.25) is 4.79 Å². The molecule has 2 aliphatic rings. The van der Waals surface area contributed by atoms with Crippen LogP contribution in [0.25, 0.3) is 22.8 Å². The largest absolute Gasteiger partial charge is 0.493 e. The van der Waals surface area contributed by atoms with Crippen molar-refractivity contribution >= 4 is 5.78 Å². The van der Waals surface area contributed by atoms with E-state index in [0.29, 0.717) is 68.7 Å². The normalized spacial score (nSPS) is 16.0. The molecule has 0 spiro atoms. The molecule has 0 bridgehead atoms. The van der Waals surface area contributed by atoms with E-state index >= 15 is 0 Å². The van der Waals surface area contributed by atoms with Gasteiger partial charge in [-0.15, -0.1) is 0 Å². The number of nitrogens with one attached hydrogen (secondary N) is 2. The number of ketones is 1. The Kier molecular flexibility index (Phi) is 6.06. The molecule has 8 nitrogen and oxygen atoms in total. The van der Waals surface area contributed by atoms with E-state index in [9.17, 15) is 13.6 Å². The Labute approximate surface area is 255 Å². The second kappa shape index (κ2) is 10.2. The van der Waals surface area contributed by atoms with Crippen LogP contribution in [0.4, 0.5) is 8.78 Å². The number of halogens is 2. The lowest BCUT2D eigenvalue weighted by Crippen LogP contribution is -2.23. The van der Waals surface area contributed by atoms with Crippen LogP contribution in [-0.4, -0.2) is 32.8 Å². The van der Waals surface area contributed by atoms with Gasteiger partial charge in [0.2, 0.25) is 11.8 Å². The van der Waals surface area contributed by atoms with Crippen molar-refractivity contribution in [3.8, 4) is 51.8 Å². The summed E-state index contributed by atoms with van der Waals surface area (Å²) in [6.07, 6.45) is 0. The van der Waals surface area contributed by atoms with Crippen LogP contribution >= 0.6 is 0 Å². The Morgan fingerprint density at radius 3 is 1.71 bits per heavy atom. The standard InChI is InChI=1S/C35H24F2N4O4/c1-17(42)22-5-3-6-23-26(28-34(44-30(22)23)40-32(38-28)18-9-13-20(36)14-10-18)27-24-7-4-8-25(43-2)31(24)45-35-29(27)39-33(41-35)19-11-15-21(37)16-12-19/h3-16,26-27H,1-2H3,(H,38,40)(H,39,41). The zero-order chi connectivity index (χ0) is 30.8. The van der Waals surface area contributed by atoms with E-state index in [-0.39, 0.29) is 17.4 Å². The number of hydrogen-bond donors (Lipinski definition) is 2. The molecule has 2 unspecified atom stereocenters. The smallest absolute Gasteiger partial charge is 0.241 e. The van der Waals surface area contributed by atoms with Crippen molar-refractivity contribution in [2.75, 3.05) is 7.11 Å². The lowest BCUT2D eigenvalue weighted by Gasteiger charge is -2.35. The fourth-order valence-electron chi connectivity index (χ4n) is 6.24. The van der Waals surface area contributed by atoms with Crippen LogP contribution in [0.3, 0.4) is 0 Å². The van der Waals surface area contributed by atoms with Gasteiger partial charge in [-0.2, -0.15) is 9.97 Å². The van der Waals surface area contributed by atoms with Gasteiger partial charge in [0, 0.05) is 34.1 Å². The number of rotatable bonds is 5. The van der Waals surface area contributed by atoms with E-state index < -0.39 is 11.8 Å². The van der Waals surface area contributed by atoms with Gasteiger partial charge < -0.3 is 24.2 Å². The molecule has 0 saturated heterocycles. The summed E-state index contributed by atoms with van der Waals surface area (Å²) >= 11 is 0. The third kappa shape index (κ3) is 4.28. The molecule has 4 aromatic carbocycles. The molecule has 0 aliphatic carbocycles. The number of Topliss-reactive ketones (excluding diaryl/α,β-unsaturated/α-hetero) is 1.